The zero-order chi connectivity index (χ0) is 9.26. The summed E-state index contributed by atoms with van der Waals surface area (Å²) >= 11 is 5.61. The second kappa shape index (κ2) is 3.50. The molecule has 1 heterocycles. The summed E-state index contributed by atoms with van der Waals surface area (Å²) in [6.45, 7) is 0. The number of alkyl halides is 1. The molecule has 0 unspecified atom stereocenters. The normalized spacial score (nSPS) is 16.1. The quantitative estimate of drug-likeness (QED) is 0.748. The lowest BCUT2D eigenvalue weighted by atomic mass is 10.3. The highest BCUT2D eigenvalue weighted by Gasteiger charge is 2.22. The minimum absolute atomic E-state index is 0.0960. The Kier molecular flexibility index (Phi) is 2.36. The predicted molar refractivity (Wildman–Crippen MR) is 50.8 cm³/mol. The Morgan fingerprint density at radius 2 is 2.38 bits per heavy atom. The van der Waals surface area contributed by atoms with Crippen molar-refractivity contribution in [2.75, 3.05) is 0 Å². The molecule has 70 valence electrons. The molecule has 1 N–H and O–H groups in total. The lowest BCUT2D eigenvalue weighted by Gasteiger charge is -1.99. The standard InChI is InChI=1S/C9H11ClN2O/c10-5-7-4-9(13)12-8(11-7)3-6-1-2-6/h4,6H,1-3,5H2,(H,11,12,13). The maximum Gasteiger partial charge on any atom is 0.251 e. The number of halogens is 1. The van der Waals surface area contributed by atoms with Gasteiger partial charge in [-0.05, 0) is 18.8 Å². The van der Waals surface area contributed by atoms with E-state index in [2.05, 4.69) is 9.97 Å². The van der Waals surface area contributed by atoms with Crippen molar-refractivity contribution in [3.63, 3.8) is 0 Å². The van der Waals surface area contributed by atoms with Crippen molar-refractivity contribution in [1.29, 1.82) is 0 Å². The van der Waals surface area contributed by atoms with Crippen LogP contribution in [0.15, 0.2) is 10.9 Å². The molecule has 13 heavy (non-hydrogen) atoms. The van der Waals surface area contributed by atoms with Gasteiger partial charge in [0.1, 0.15) is 5.82 Å². The molecule has 1 aromatic rings. The third-order valence-electron chi connectivity index (χ3n) is 2.16. The summed E-state index contributed by atoms with van der Waals surface area (Å²) in [5.41, 5.74) is 0.572. The van der Waals surface area contributed by atoms with Crippen LogP contribution < -0.4 is 5.56 Å². The number of hydrogen-bond donors (Lipinski definition) is 1. The van der Waals surface area contributed by atoms with Crippen LogP contribution in [0.3, 0.4) is 0 Å². The molecular weight excluding hydrogens is 188 g/mol. The Hall–Kier alpha value is -0.830. The van der Waals surface area contributed by atoms with Gasteiger partial charge < -0.3 is 4.98 Å². The molecule has 1 aliphatic carbocycles. The van der Waals surface area contributed by atoms with Crippen LogP contribution in [0.5, 0.6) is 0 Å². The molecule has 0 aromatic carbocycles. The van der Waals surface area contributed by atoms with E-state index >= 15 is 0 Å². The highest BCUT2D eigenvalue weighted by Crippen LogP contribution is 2.31. The summed E-state index contributed by atoms with van der Waals surface area (Å²) in [5.74, 6) is 1.82. The molecule has 0 bridgehead atoms. The van der Waals surface area contributed by atoms with Crippen LogP contribution in [-0.2, 0) is 12.3 Å². The summed E-state index contributed by atoms with van der Waals surface area (Å²) in [6.07, 6.45) is 3.41. The number of H-pyrrole nitrogens is 1. The summed E-state index contributed by atoms with van der Waals surface area (Å²) in [6, 6.07) is 1.45. The smallest absolute Gasteiger partial charge is 0.251 e. The van der Waals surface area contributed by atoms with Crippen LogP contribution in [0.2, 0.25) is 0 Å². The van der Waals surface area contributed by atoms with Gasteiger partial charge in [0.15, 0.2) is 0 Å². The van der Waals surface area contributed by atoms with Crippen molar-refractivity contribution in [1.82, 2.24) is 9.97 Å². The average Bonchev–Trinajstić information content (AvgIpc) is 2.87. The number of nitrogens with zero attached hydrogens (tertiary/aromatic N) is 1. The van der Waals surface area contributed by atoms with E-state index in [1.54, 1.807) is 0 Å². The number of nitrogens with one attached hydrogen (secondary N) is 1. The van der Waals surface area contributed by atoms with Gasteiger partial charge in [0.25, 0.3) is 5.56 Å². The van der Waals surface area contributed by atoms with E-state index in [-0.39, 0.29) is 5.56 Å². The fraction of sp³-hybridized carbons (Fsp3) is 0.556. The van der Waals surface area contributed by atoms with E-state index in [1.165, 1.54) is 18.9 Å². The van der Waals surface area contributed by atoms with E-state index in [9.17, 15) is 4.79 Å². The molecule has 0 amide bonds. The summed E-state index contributed by atoms with van der Waals surface area (Å²) in [7, 11) is 0. The lowest BCUT2D eigenvalue weighted by Crippen LogP contribution is -2.12. The van der Waals surface area contributed by atoms with Crippen LogP contribution in [0.25, 0.3) is 0 Å². The average molecular weight is 199 g/mol. The van der Waals surface area contributed by atoms with Crippen molar-refractivity contribution >= 4 is 11.6 Å². The number of aromatic amines is 1. The molecule has 1 saturated carbocycles. The SMILES string of the molecule is O=c1cc(CCl)nc(CC2CC2)[nH]1. The number of rotatable bonds is 3. The minimum Gasteiger partial charge on any atom is -0.311 e. The summed E-state index contributed by atoms with van der Waals surface area (Å²) in [5, 5.41) is 0. The molecule has 3 nitrogen and oxygen atoms in total. The van der Waals surface area contributed by atoms with Gasteiger partial charge in [0, 0.05) is 12.5 Å². The molecule has 2 rings (SSSR count). The van der Waals surface area contributed by atoms with Gasteiger partial charge in [-0.1, -0.05) is 0 Å². The Morgan fingerprint density at radius 3 is 3.00 bits per heavy atom. The molecule has 0 saturated heterocycles. The second-order valence-electron chi connectivity index (χ2n) is 3.46. The molecule has 1 aromatic heterocycles. The molecule has 1 aliphatic rings. The monoisotopic (exact) mass is 198 g/mol. The van der Waals surface area contributed by atoms with Gasteiger partial charge in [0.2, 0.25) is 0 Å². The molecule has 0 aliphatic heterocycles. The van der Waals surface area contributed by atoms with Crippen LogP contribution >= 0.6 is 11.6 Å². The molecule has 0 radical (unpaired) electrons. The fourth-order valence-corrected chi connectivity index (χ4v) is 1.46. The van der Waals surface area contributed by atoms with Crippen LogP contribution in [-0.4, -0.2) is 9.97 Å². The third-order valence-corrected chi connectivity index (χ3v) is 2.43. The largest absolute Gasteiger partial charge is 0.311 e. The molecule has 0 atom stereocenters. The van der Waals surface area contributed by atoms with Crippen molar-refractivity contribution < 1.29 is 0 Å². The topological polar surface area (TPSA) is 45.8 Å². The second-order valence-corrected chi connectivity index (χ2v) is 3.73. The first-order chi connectivity index (χ1) is 6.28. The molecular formula is C9H11ClN2O. The number of hydrogen-bond acceptors (Lipinski definition) is 2. The van der Waals surface area contributed by atoms with Crippen LogP contribution in [0.4, 0.5) is 0 Å². The fourth-order valence-electron chi connectivity index (χ4n) is 1.32. The Bertz CT molecular complexity index is 357. The van der Waals surface area contributed by atoms with E-state index in [4.69, 9.17) is 11.6 Å². The van der Waals surface area contributed by atoms with Crippen molar-refractivity contribution in [2.24, 2.45) is 5.92 Å². The highest BCUT2D eigenvalue weighted by atomic mass is 35.5. The molecule has 1 fully saturated rings. The summed E-state index contributed by atoms with van der Waals surface area (Å²) in [4.78, 5) is 18.1. The van der Waals surface area contributed by atoms with Gasteiger partial charge in [-0.15, -0.1) is 11.6 Å². The van der Waals surface area contributed by atoms with Gasteiger partial charge in [0.05, 0.1) is 11.6 Å². The zero-order valence-electron chi connectivity index (χ0n) is 7.22. The first-order valence-corrected chi connectivity index (χ1v) is 4.96. The Morgan fingerprint density at radius 1 is 1.62 bits per heavy atom. The Balaban J connectivity index is 2.22. The Labute approximate surface area is 81.2 Å². The van der Waals surface area contributed by atoms with Gasteiger partial charge in [-0.2, -0.15) is 0 Å². The van der Waals surface area contributed by atoms with Crippen molar-refractivity contribution in [2.45, 2.75) is 25.1 Å². The zero-order valence-corrected chi connectivity index (χ0v) is 7.97. The third kappa shape index (κ3) is 2.31. The highest BCUT2D eigenvalue weighted by molar-refractivity contribution is 6.16. The van der Waals surface area contributed by atoms with E-state index in [0.717, 1.165) is 18.2 Å². The van der Waals surface area contributed by atoms with Gasteiger partial charge in [-0.25, -0.2) is 4.98 Å². The van der Waals surface area contributed by atoms with Crippen LogP contribution in [0, 0.1) is 5.92 Å². The van der Waals surface area contributed by atoms with Crippen LogP contribution in [0.1, 0.15) is 24.4 Å². The van der Waals surface area contributed by atoms with E-state index in [0.29, 0.717) is 11.6 Å². The molecule has 4 heteroatoms. The minimum atomic E-state index is -0.0960. The first-order valence-electron chi connectivity index (χ1n) is 4.43. The van der Waals surface area contributed by atoms with Gasteiger partial charge >= 0.3 is 0 Å². The summed E-state index contributed by atoms with van der Waals surface area (Å²) < 4.78 is 0. The van der Waals surface area contributed by atoms with Crippen molar-refractivity contribution in [3.8, 4) is 0 Å². The van der Waals surface area contributed by atoms with Gasteiger partial charge in [-0.3, -0.25) is 4.79 Å². The van der Waals surface area contributed by atoms with Crippen molar-refractivity contribution in [3.05, 3.63) is 27.9 Å². The van der Waals surface area contributed by atoms with E-state index in [1.807, 2.05) is 0 Å². The maximum absolute atomic E-state index is 11.1. The molecule has 0 spiro atoms. The first kappa shape index (κ1) is 8.75. The predicted octanol–water partition coefficient (Wildman–Crippen LogP) is 1.46. The number of aromatic nitrogens is 2. The van der Waals surface area contributed by atoms with E-state index < -0.39 is 0 Å². The lowest BCUT2D eigenvalue weighted by molar-refractivity contribution is 0.756. The maximum atomic E-state index is 11.1.